The second-order valence-corrected chi connectivity index (χ2v) is 7.17. The Morgan fingerprint density at radius 3 is 2.25 bits per heavy atom. The van der Waals surface area contributed by atoms with Crippen LogP contribution in [0.1, 0.15) is 51.3 Å². The molecule has 0 spiro atoms. The fraction of sp³-hybridized carbons (Fsp3) is 0.391. The highest BCUT2D eigenvalue weighted by Crippen LogP contribution is 2.25. The largest absolute Gasteiger partial charge is 0.491 e. The maximum atomic E-state index is 12.1. The number of carbonyl (C=O) groups is 1. The van der Waals surface area contributed by atoms with Crippen LogP contribution in [0.4, 0.5) is 0 Å². The molecule has 0 aromatic heterocycles. The molecule has 5 nitrogen and oxygen atoms in total. The van der Waals surface area contributed by atoms with Crippen LogP contribution in [-0.2, 0) is 17.6 Å². The second kappa shape index (κ2) is 10.5. The molecule has 150 valence electrons. The van der Waals surface area contributed by atoms with Gasteiger partial charge in [-0.05, 0) is 57.4 Å². The summed E-state index contributed by atoms with van der Waals surface area (Å²) < 4.78 is 11.6. The molecule has 5 heteroatoms. The van der Waals surface area contributed by atoms with Gasteiger partial charge in [0.25, 0.3) is 0 Å². The zero-order valence-corrected chi connectivity index (χ0v) is 17.4. The highest BCUT2D eigenvalue weighted by molar-refractivity contribution is 5.86. The first-order valence-corrected chi connectivity index (χ1v) is 9.74. The Morgan fingerprint density at radius 1 is 1.00 bits per heavy atom. The number of nitrogens with zero attached hydrogens (tertiary/aromatic N) is 1. The average molecular weight is 383 g/mol. The summed E-state index contributed by atoms with van der Waals surface area (Å²) in [6, 6.07) is 13.6. The molecule has 28 heavy (non-hydrogen) atoms. The SMILES string of the molecule is CCc1ccc(CC(=O)N/N=C/c2ccc(OC(C)C)cc2OC(C)C)cc1. The van der Waals surface area contributed by atoms with Gasteiger partial charge in [0.15, 0.2) is 0 Å². The van der Waals surface area contributed by atoms with Crippen molar-refractivity contribution in [2.75, 3.05) is 0 Å². The molecule has 1 N–H and O–H groups in total. The van der Waals surface area contributed by atoms with Gasteiger partial charge in [-0.2, -0.15) is 5.10 Å². The molecule has 0 saturated heterocycles. The standard InChI is InChI=1S/C23H30N2O3/c1-6-18-7-9-19(10-8-18)13-23(26)25-24-15-20-11-12-21(27-16(2)3)14-22(20)28-17(4)5/h7-12,14-17H,6,13H2,1-5H3,(H,25,26)/b24-15+. The quantitative estimate of drug-likeness (QED) is 0.512. The maximum absolute atomic E-state index is 12.1. The molecule has 0 saturated carbocycles. The molecule has 0 aliphatic heterocycles. The third-order valence-electron chi connectivity index (χ3n) is 3.91. The topological polar surface area (TPSA) is 59.9 Å². The van der Waals surface area contributed by atoms with E-state index in [1.54, 1.807) is 6.21 Å². The molecule has 0 aliphatic carbocycles. The highest BCUT2D eigenvalue weighted by atomic mass is 16.5. The molecule has 0 fully saturated rings. The van der Waals surface area contributed by atoms with E-state index in [2.05, 4.69) is 17.5 Å². The van der Waals surface area contributed by atoms with Crippen LogP contribution in [0.15, 0.2) is 47.6 Å². The summed E-state index contributed by atoms with van der Waals surface area (Å²) in [6.07, 6.45) is 2.96. The third-order valence-corrected chi connectivity index (χ3v) is 3.91. The van der Waals surface area contributed by atoms with Gasteiger partial charge in [0.2, 0.25) is 5.91 Å². The van der Waals surface area contributed by atoms with E-state index in [9.17, 15) is 4.79 Å². The molecule has 0 heterocycles. The van der Waals surface area contributed by atoms with Gasteiger partial charge in [0.05, 0.1) is 24.8 Å². The van der Waals surface area contributed by atoms with Crippen LogP contribution in [0.25, 0.3) is 0 Å². The minimum atomic E-state index is -0.161. The van der Waals surface area contributed by atoms with Crippen LogP contribution >= 0.6 is 0 Å². The van der Waals surface area contributed by atoms with Gasteiger partial charge in [-0.3, -0.25) is 4.79 Å². The summed E-state index contributed by atoms with van der Waals surface area (Å²) in [7, 11) is 0. The number of aryl methyl sites for hydroxylation is 1. The number of hydrogen-bond acceptors (Lipinski definition) is 4. The lowest BCUT2D eigenvalue weighted by molar-refractivity contribution is -0.120. The van der Waals surface area contributed by atoms with Crippen LogP contribution in [0, 0.1) is 0 Å². The normalized spacial score (nSPS) is 11.2. The first kappa shape index (κ1) is 21.5. The molecule has 0 aliphatic rings. The molecule has 2 rings (SSSR count). The number of nitrogens with one attached hydrogen (secondary N) is 1. The van der Waals surface area contributed by atoms with Crippen molar-refractivity contribution in [3.63, 3.8) is 0 Å². The Hall–Kier alpha value is -2.82. The molecule has 0 unspecified atom stereocenters. The first-order valence-electron chi connectivity index (χ1n) is 9.74. The summed E-state index contributed by atoms with van der Waals surface area (Å²) in [5.74, 6) is 1.25. The Kier molecular flexibility index (Phi) is 8.05. The zero-order valence-electron chi connectivity index (χ0n) is 17.4. The van der Waals surface area contributed by atoms with Crippen molar-refractivity contribution in [3.05, 3.63) is 59.2 Å². The summed E-state index contributed by atoms with van der Waals surface area (Å²) in [6.45, 7) is 9.98. The van der Waals surface area contributed by atoms with Gasteiger partial charge in [0.1, 0.15) is 11.5 Å². The minimum Gasteiger partial charge on any atom is -0.491 e. The van der Waals surface area contributed by atoms with Crippen molar-refractivity contribution in [1.29, 1.82) is 0 Å². The first-order chi connectivity index (χ1) is 13.4. The van der Waals surface area contributed by atoms with E-state index in [0.29, 0.717) is 5.75 Å². The number of amides is 1. The predicted molar refractivity (Wildman–Crippen MR) is 113 cm³/mol. The number of hydrogen-bond donors (Lipinski definition) is 1. The Bertz CT molecular complexity index is 796. The fourth-order valence-corrected chi connectivity index (χ4v) is 2.61. The van der Waals surface area contributed by atoms with Crippen LogP contribution in [-0.4, -0.2) is 24.3 Å². The number of carbonyl (C=O) groups excluding carboxylic acids is 1. The van der Waals surface area contributed by atoms with Gasteiger partial charge in [-0.15, -0.1) is 0 Å². The van der Waals surface area contributed by atoms with Crippen molar-refractivity contribution in [2.24, 2.45) is 5.10 Å². The molecule has 0 radical (unpaired) electrons. The van der Waals surface area contributed by atoms with Crippen LogP contribution in [0.2, 0.25) is 0 Å². The maximum Gasteiger partial charge on any atom is 0.244 e. The Balaban J connectivity index is 2.01. The predicted octanol–water partition coefficient (Wildman–Crippen LogP) is 4.52. The summed E-state index contributed by atoms with van der Waals surface area (Å²) in [5.41, 5.74) is 5.57. The highest BCUT2D eigenvalue weighted by Gasteiger charge is 2.08. The molecule has 0 bridgehead atoms. The number of benzene rings is 2. The Labute approximate surface area is 167 Å². The van der Waals surface area contributed by atoms with E-state index in [-0.39, 0.29) is 24.5 Å². The summed E-state index contributed by atoms with van der Waals surface area (Å²) in [5, 5.41) is 4.08. The van der Waals surface area contributed by atoms with E-state index >= 15 is 0 Å². The molecular formula is C23H30N2O3. The number of hydrazone groups is 1. The smallest absolute Gasteiger partial charge is 0.244 e. The lowest BCUT2D eigenvalue weighted by Crippen LogP contribution is -2.19. The summed E-state index contributed by atoms with van der Waals surface area (Å²) in [4.78, 5) is 12.1. The fourth-order valence-electron chi connectivity index (χ4n) is 2.61. The second-order valence-electron chi connectivity index (χ2n) is 7.17. The van der Waals surface area contributed by atoms with Crippen LogP contribution in [0.5, 0.6) is 11.5 Å². The zero-order chi connectivity index (χ0) is 20.5. The van der Waals surface area contributed by atoms with E-state index in [4.69, 9.17) is 9.47 Å². The minimum absolute atomic E-state index is 0.0159. The van der Waals surface area contributed by atoms with Crippen molar-refractivity contribution in [3.8, 4) is 11.5 Å². The molecule has 1 amide bonds. The monoisotopic (exact) mass is 382 g/mol. The lowest BCUT2D eigenvalue weighted by Gasteiger charge is -2.15. The van der Waals surface area contributed by atoms with Crippen molar-refractivity contribution in [1.82, 2.24) is 5.43 Å². The van der Waals surface area contributed by atoms with E-state index in [0.717, 1.165) is 23.3 Å². The van der Waals surface area contributed by atoms with Gasteiger partial charge in [-0.25, -0.2) is 5.43 Å². The molecule has 2 aromatic carbocycles. The summed E-state index contributed by atoms with van der Waals surface area (Å²) >= 11 is 0. The van der Waals surface area contributed by atoms with Crippen LogP contribution < -0.4 is 14.9 Å². The van der Waals surface area contributed by atoms with E-state index in [1.807, 2.05) is 70.2 Å². The van der Waals surface area contributed by atoms with Crippen molar-refractivity contribution < 1.29 is 14.3 Å². The van der Waals surface area contributed by atoms with Crippen molar-refractivity contribution >= 4 is 12.1 Å². The molecule has 2 aromatic rings. The van der Waals surface area contributed by atoms with Gasteiger partial charge in [0, 0.05) is 11.6 Å². The Morgan fingerprint density at radius 2 is 1.64 bits per heavy atom. The number of rotatable bonds is 9. The van der Waals surface area contributed by atoms with E-state index in [1.165, 1.54) is 5.56 Å². The number of ether oxygens (including phenoxy) is 2. The van der Waals surface area contributed by atoms with Gasteiger partial charge < -0.3 is 9.47 Å². The molecule has 0 atom stereocenters. The van der Waals surface area contributed by atoms with Crippen molar-refractivity contribution in [2.45, 2.75) is 59.7 Å². The van der Waals surface area contributed by atoms with Gasteiger partial charge >= 0.3 is 0 Å². The average Bonchev–Trinajstić information content (AvgIpc) is 2.63. The molecular weight excluding hydrogens is 352 g/mol. The third kappa shape index (κ3) is 7.06. The van der Waals surface area contributed by atoms with E-state index < -0.39 is 0 Å². The van der Waals surface area contributed by atoms with Gasteiger partial charge in [-0.1, -0.05) is 31.2 Å². The lowest BCUT2D eigenvalue weighted by atomic mass is 10.1. The van der Waals surface area contributed by atoms with Crippen LogP contribution in [0.3, 0.4) is 0 Å².